The zero-order valence-corrected chi connectivity index (χ0v) is 11.8. The third-order valence-electron chi connectivity index (χ3n) is 3.22. The molecule has 0 radical (unpaired) electrons. The second kappa shape index (κ2) is 5.69. The molecule has 0 saturated heterocycles. The van der Waals surface area contributed by atoms with Gasteiger partial charge in [0.25, 0.3) is 0 Å². The van der Waals surface area contributed by atoms with Crippen molar-refractivity contribution in [2.24, 2.45) is 0 Å². The molecule has 6 nitrogen and oxygen atoms in total. The predicted octanol–water partition coefficient (Wildman–Crippen LogP) is 2.64. The van der Waals surface area contributed by atoms with E-state index in [1.54, 1.807) is 36.2 Å². The molecule has 0 aliphatic carbocycles. The highest BCUT2D eigenvalue weighted by atomic mass is 16.5. The van der Waals surface area contributed by atoms with E-state index in [2.05, 4.69) is 10.3 Å². The van der Waals surface area contributed by atoms with Crippen LogP contribution < -0.4 is 4.74 Å². The third-order valence-corrected chi connectivity index (χ3v) is 3.22. The van der Waals surface area contributed by atoms with Crippen LogP contribution in [0.4, 0.5) is 0 Å². The van der Waals surface area contributed by atoms with Gasteiger partial charge in [0.15, 0.2) is 0 Å². The smallest absolute Gasteiger partial charge is 0.335 e. The maximum absolute atomic E-state index is 11.0. The minimum atomic E-state index is -0.977. The molecule has 0 fully saturated rings. The molecule has 0 bridgehead atoms. The molecule has 0 amide bonds. The van der Waals surface area contributed by atoms with Gasteiger partial charge in [0, 0.05) is 5.56 Å². The monoisotopic (exact) mass is 295 g/mol. The summed E-state index contributed by atoms with van der Waals surface area (Å²) in [5.41, 5.74) is 2.40. The summed E-state index contributed by atoms with van der Waals surface area (Å²) in [6.45, 7) is 0. The molecule has 22 heavy (non-hydrogen) atoms. The topological polar surface area (TPSA) is 77.2 Å². The van der Waals surface area contributed by atoms with Crippen LogP contribution in [0.15, 0.2) is 54.7 Å². The quantitative estimate of drug-likeness (QED) is 0.800. The van der Waals surface area contributed by atoms with Crippen LogP contribution >= 0.6 is 0 Å². The first-order valence-corrected chi connectivity index (χ1v) is 6.58. The molecule has 0 unspecified atom stereocenters. The molecule has 0 aliphatic rings. The van der Waals surface area contributed by atoms with Crippen LogP contribution in [0.5, 0.6) is 5.75 Å². The lowest BCUT2D eigenvalue weighted by Crippen LogP contribution is -2.00. The zero-order chi connectivity index (χ0) is 15.5. The van der Waals surface area contributed by atoms with E-state index in [0.717, 1.165) is 11.3 Å². The molecule has 0 atom stereocenters. The predicted molar refractivity (Wildman–Crippen MR) is 80.3 cm³/mol. The van der Waals surface area contributed by atoms with E-state index in [1.807, 2.05) is 24.3 Å². The van der Waals surface area contributed by atoms with Gasteiger partial charge in [0.05, 0.1) is 24.6 Å². The summed E-state index contributed by atoms with van der Waals surface area (Å²) in [6.07, 6.45) is 1.75. The van der Waals surface area contributed by atoms with Crippen molar-refractivity contribution < 1.29 is 14.6 Å². The summed E-state index contributed by atoms with van der Waals surface area (Å²) in [6, 6.07) is 14.0. The summed E-state index contributed by atoms with van der Waals surface area (Å²) in [5.74, 6) is -0.241. The maximum Gasteiger partial charge on any atom is 0.335 e. The minimum Gasteiger partial charge on any atom is -0.497 e. The second-order valence-corrected chi connectivity index (χ2v) is 4.64. The Hall–Kier alpha value is -3.15. The van der Waals surface area contributed by atoms with Crippen LogP contribution in [0.2, 0.25) is 0 Å². The third kappa shape index (κ3) is 2.67. The van der Waals surface area contributed by atoms with Gasteiger partial charge in [-0.1, -0.05) is 23.4 Å². The number of hydrogen-bond acceptors (Lipinski definition) is 4. The first kappa shape index (κ1) is 13.8. The van der Waals surface area contributed by atoms with Crippen LogP contribution in [0.1, 0.15) is 10.4 Å². The number of carboxylic acids is 1. The van der Waals surface area contributed by atoms with Crippen molar-refractivity contribution in [3.63, 3.8) is 0 Å². The van der Waals surface area contributed by atoms with Gasteiger partial charge in [-0.05, 0) is 30.3 Å². The lowest BCUT2D eigenvalue weighted by Gasteiger charge is -2.02. The van der Waals surface area contributed by atoms with Crippen molar-refractivity contribution in [2.75, 3.05) is 7.11 Å². The summed E-state index contributed by atoms with van der Waals surface area (Å²) < 4.78 is 6.73. The number of aromatic carboxylic acids is 1. The van der Waals surface area contributed by atoms with Crippen LogP contribution in [0.25, 0.3) is 16.9 Å². The molecule has 6 heteroatoms. The molecule has 0 aliphatic heterocycles. The SMILES string of the molecule is COc1cccc(-c2cn(-c3cccc(C(=O)O)c3)nn2)c1. The summed E-state index contributed by atoms with van der Waals surface area (Å²) in [5, 5.41) is 17.2. The number of carbonyl (C=O) groups is 1. The average Bonchev–Trinajstić information content (AvgIpc) is 3.05. The molecule has 0 spiro atoms. The van der Waals surface area contributed by atoms with Gasteiger partial charge in [0.2, 0.25) is 0 Å². The Morgan fingerprint density at radius 1 is 1.18 bits per heavy atom. The van der Waals surface area contributed by atoms with E-state index < -0.39 is 5.97 Å². The first-order chi connectivity index (χ1) is 10.7. The number of ether oxygens (including phenoxy) is 1. The Labute approximate surface area is 126 Å². The number of hydrogen-bond donors (Lipinski definition) is 1. The Morgan fingerprint density at radius 3 is 2.77 bits per heavy atom. The lowest BCUT2D eigenvalue weighted by molar-refractivity contribution is 0.0697. The van der Waals surface area contributed by atoms with Crippen molar-refractivity contribution in [2.45, 2.75) is 0 Å². The fraction of sp³-hybridized carbons (Fsp3) is 0.0625. The largest absolute Gasteiger partial charge is 0.497 e. The first-order valence-electron chi connectivity index (χ1n) is 6.58. The van der Waals surface area contributed by atoms with Gasteiger partial charge in [-0.3, -0.25) is 0 Å². The highest BCUT2D eigenvalue weighted by Gasteiger charge is 2.08. The van der Waals surface area contributed by atoms with Crippen molar-refractivity contribution >= 4 is 5.97 Å². The molecule has 1 N–H and O–H groups in total. The minimum absolute atomic E-state index is 0.205. The van der Waals surface area contributed by atoms with Gasteiger partial charge < -0.3 is 9.84 Å². The fourth-order valence-electron chi connectivity index (χ4n) is 2.09. The normalized spacial score (nSPS) is 10.4. The van der Waals surface area contributed by atoms with E-state index in [0.29, 0.717) is 11.4 Å². The number of nitrogens with zero attached hydrogens (tertiary/aromatic N) is 3. The summed E-state index contributed by atoms with van der Waals surface area (Å²) in [7, 11) is 1.60. The van der Waals surface area contributed by atoms with Crippen molar-refractivity contribution in [1.29, 1.82) is 0 Å². The molecular weight excluding hydrogens is 282 g/mol. The van der Waals surface area contributed by atoms with Gasteiger partial charge in [0.1, 0.15) is 11.4 Å². The van der Waals surface area contributed by atoms with E-state index >= 15 is 0 Å². The Morgan fingerprint density at radius 2 is 2.00 bits per heavy atom. The van der Waals surface area contributed by atoms with Gasteiger partial charge in [-0.25, -0.2) is 9.48 Å². The second-order valence-electron chi connectivity index (χ2n) is 4.64. The van der Waals surface area contributed by atoms with Crippen LogP contribution in [-0.2, 0) is 0 Å². The van der Waals surface area contributed by atoms with Crippen molar-refractivity contribution in [1.82, 2.24) is 15.0 Å². The van der Waals surface area contributed by atoms with Gasteiger partial charge in [-0.2, -0.15) is 0 Å². The Balaban J connectivity index is 1.96. The molecule has 3 rings (SSSR count). The van der Waals surface area contributed by atoms with Gasteiger partial charge >= 0.3 is 5.97 Å². The lowest BCUT2D eigenvalue weighted by atomic mass is 10.1. The summed E-state index contributed by atoms with van der Waals surface area (Å²) in [4.78, 5) is 11.0. The van der Waals surface area contributed by atoms with E-state index in [9.17, 15) is 4.79 Å². The molecule has 2 aromatic carbocycles. The highest BCUT2D eigenvalue weighted by Crippen LogP contribution is 2.22. The molecule has 1 aromatic heterocycles. The van der Waals surface area contributed by atoms with Gasteiger partial charge in [-0.15, -0.1) is 5.10 Å². The number of rotatable bonds is 4. The number of benzene rings is 2. The van der Waals surface area contributed by atoms with E-state index in [1.165, 1.54) is 6.07 Å². The number of carboxylic acid groups (broad SMARTS) is 1. The molecule has 110 valence electrons. The van der Waals surface area contributed by atoms with Crippen molar-refractivity contribution in [3.8, 4) is 22.7 Å². The summed E-state index contributed by atoms with van der Waals surface area (Å²) >= 11 is 0. The Bertz CT molecular complexity index is 827. The van der Waals surface area contributed by atoms with E-state index in [4.69, 9.17) is 9.84 Å². The standard InChI is InChI=1S/C16H13N3O3/c1-22-14-7-3-4-11(9-14)15-10-19(18-17-15)13-6-2-5-12(8-13)16(20)21/h2-10H,1H3,(H,20,21). The zero-order valence-electron chi connectivity index (χ0n) is 11.8. The van der Waals surface area contributed by atoms with Crippen LogP contribution in [0.3, 0.4) is 0 Å². The fourth-order valence-corrected chi connectivity index (χ4v) is 2.09. The number of methoxy groups -OCH3 is 1. The maximum atomic E-state index is 11.0. The van der Waals surface area contributed by atoms with E-state index in [-0.39, 0.29) is 5.56 Å². The average molecular weight is 295 g/mol. The number of aromatic nitrogens is 3. The van der Waals surface area contributed by atoms with Crippen LogP contribution in [0, 0.1) is 0 Å². The highest BCUT2D eigenvalue weighted by molar-refractivity contribution is 5.88. The van der Waals surface area contributed by atoms with Crippen molar-refractivity contribution in [3.05, 3.63) is 60.3 Å². The molecular formula is C16H13N3O3. The molecule has 1 heterocycles. The molecule has 0 saturated carbocycles. The molecule has 3 aromatic rings. The van der Waals surface area contributed by atoms with Crippen LogP contribution in [-0.4, -0.2) is 33.2 Å². The Kier molecular flexibility index (Phi) is 3.57.